The molecule has 0 atom stereocenters. The quantitative estimate of drug-likeness (QED) is 0.867. The Bertz CT molecular complexity index is 599. The first-order valence-corrected chi connectivity index (χ1v) is 6.93. The predicted molar refractivity (Wildman–Crippen MR) is 79.1 cm³/mol. The van der Waals surface area contributed by atoms with Crippen molar-refractivity contribution in [2.75, 3.05) is 0 Å². The molecule has 2 aromatic carbocycles. The molecule has 0 aliphatic carbocycles. The summed E-state index contributed by atoms with van der Waals surface area (Å²) in [6.07, 6.45) is 0. The molecule has 0 aliphatic rings. The molecule has 0 spiro atoms. The highest BCUT2D eigenvalue weighted by Gasteiger charge is 2.05. The summed E-state index contributed by atoms with van der Waals surface area (Å²) < 4.78 is 31.7. The van der Waals surface area contributed by atoms with Crippen LogP contribution in [0.1, 0.15) is 25.0 Å². The molecular formula is C17H19F2NO. The molecule has 0 fully saturated rings. The van der Waals surface area contributed by atoms with Crippen LogP contribution in [0.15, 0.2) is 42.5 Å². The molecule has 0 aromatic heterocycles. The number of nitrogens with one attached hydrogen (secondary N) is 1. The van der Waals surface area contributed by atoms with E-state index in [-0.39, 0.29) is 12.4 Å². The molecule has 0 saturated heterocycles. The van der Waals surface area contributed by atoms with E-state index in [1.54, 1.807) is 0 Å². The first-order valence-electron chi connectivity index (χ1n) is 6.93. The van der Waals surface area contributed by atoms with E-state index in [2.05, 4.69) is 19.2 Å². The Kier molecular flexibility index (Phi) is 5.28. The largest absolute Gasteiger partial charge is 0.486 e. The van der Waals surface area contributed by atoms with Crippen LogP contribution in [0.5, 0.6) is 5.75 Å². The standard InChI is InChI=1S/C17H19F2NO/c1-12(2)20-10-13-4-3-5-14(8-13)11-21-17-7-6-15(18)9-16(17)19/h3-9,12,20H,10-11H2,1-2H3. The Morgan fingerprint density at radius 3 is 2.52 bits per heavy atom. The Morgan fingerprint density at radius 2 is 1.81 bits per heavy atom. The average molecular weight is 291 g/mol. The van der Waals surface area contributed by atoms with Gasteiger partial charge in [-0.15, -0.1) is 0 Å². The summed E-state index contributed by atoms with van der Waals surface area (Å²) >= 11 is 0. The van der Waals surface area contributed by atoms with Gasteiger partial charge in [0.25, 0.3) is 0 Å². The van der Waals surface area contributed by atoms with Gasteiger partial charge in [0.15, 0.2) is 11.6 Å². The van der Waals surface area contributed by atoms with E-state index in [1.807, 2.05) is 24.3 Å². The average Bonchev–Trinajstić information content (AvgIpc) is 2.45. The Hall–Kier alpha value is -1.94. The van der Waals surface area contributed by atoms with Crippen molar-refractivity contribution in [2.24, 2.45) is 0 Å². The molecule has 0 amide bonds. The van der Waals surface area contributed by atoms with E-state index in [0.717, 1.165) is 23.7 Å². The van der Waals surface area contributed by atoms with Crippen LogP contribution in [-0.2, 0) is 13.2 Å². The summed E-state index contributed by atoms with van der Waals surface area (Å²) in [4.78, 5) is 0. The van der Waals surface area contributed by atoms with E-state index in [9.17, 15) is 8.78 Å². The van der Waals surface area contributed by atoms with Gasteiger partial charge in [-0.25, -0.2) is 8.78 Å². The summed E-state index contributed by atoms with van der Waals surface area (Å²) in [6, 6.07) is 11.6. The van der Waals surface area contributed by atoms with Gasteiger partial charge in [0.05, 0.1) is 0 Å². The third-order valence-electron chi connectivity index (χ3n) is 2.99. The second-order valence-corrected chi connectivity index (χ2v) is 5.22. The lowest BCUT2D eigenvalue weighted by Crippen LogP contribution is -2.21. The summed E-state index contributed by atoms with van der Waals surface area (Å²) in [7, 11) is 0. The fourth-order valence-electron chi connectivity index (χ4n) is 1.90. The van der Waals surface area contributed by atoms with Crippen molar-refractivity contribution in [1.29, 1.82) is 0 Å². The predicted octanol–water partition coefficient (Wildman–Crippen LogP) is 4.04. The molecule has 4 heteroatoms. The van der Waals surface area contributed by atoms with E-state index >= 15 is 0 Å². The SMILES string of the molecule is CC(C)NCc1cccc(COc2ccc(F)cc2F)c1. The highest BCUT2D eigenvalue weighted by atomic mass is 19.1. The Labute approximate surface area is 123 Å². The van der Waals surface area contributed by atoms with Gasteiger partial charge in [0.2, 0.25) is 0 Å². The zero-order valence-corrected chi connectivity index (χ0v) is 12.2. The van der Waals surface area contributed by atoms with E-state index in [1.165, 1.54) is 12.1 Å². The minimum Gasteiger partial charge on any atom is -0.486 e. The van der Waals surface area contributed by atoms with Gasteiger partial charge in [0.1, 0.15) is 12.4 Å². The number of ether oxygens (including phenoxy) is 1. The van der Waals surface area contributed by atoms with Crippen molar-refractivity contribution in [3.63, 3.8) is 0 Å². The van der Waals surface area contributed by atoms with Crippen LogP contribution >= 0.6 is 0 Å². The second-order valence-electron chi connectivity index (χ2n) is 5.22. The van der Waals surface area contributed by atoms with Crippen molar-refractivity contribution >= 4 is 0 Å². The molecule has 0 aliphatic heterocycles. The third-order valence-corrected chi connectivity index (χ3v) is 2.99. The fourth-order valence-corrected chi connectivity index (χ4v) is 1.90. The lowest BCUT2D eigenvalue weighted by molar-refractivity contribution is 0.289. The maximum atomic E-state index is 13.5. The van der Waals surface area contributed by atoms with E-state index < -0.39 is 11.6 Å². The number of rotatable bonds is 6. The lowest BCUT2D eigenvalue weighted by Gasteiger charge is -2.11. The molecule has 2 rings (SSSR count). The minimum atomic E-state index is -0.687. The summed E-state index contributed by atoms with van der Waals surface area (Å²) in [6.45, 7) is 5.20. The molecule has 0 unspecified atom stereocenters. The number of hydrogen-bond acceptors (Lipinski definition) is 2. The van der Waals surface area contributed by atoms with Crippen molar-refractivity contribution < 1.29 is 13.5 Å². The fraction of sp³-hybridized carbons (Fsp3) is 0.294. The minimum absolute atomic E-state index is 0.0575. The van der Waals surface area contributed by atoms with Crippen LogP contribution in [0.4, 0.5) is 8.78 Å². The molecule has 0 heterocycles. The van der Waals surface area contributed by atoms with Crippen molar-refractivity contribution in [3.05, 3.63) is 65.2 Å². The van der Waals surface area contributed by atoms with Gasteiger partial charge < -0.3 is 10.1 Å². The summed E-state index contributed by atoms with van der Waals surface area (Å²) in [5, 5.41) is 3.34. The zero-order valence-electron chi connectivity index (χ0n) is 12.2. The molecule has 0 saturated carbocycles. The first kappa shape index (κ1) is 15.4. The Balaban J connectivity index is 1.98. The third kappa shape index (κ3) is 4.83. The number of halogens is 2. The normalized spacial score (nSPS) is 10.9. The number of hydrogen-bond donors (Lipinski definition) is 1. The molecule has 112 valence electrons. The van der Waals surface area contributed by atoms with Crippen molar-refractivity contribution in [3.8, 4) is 5.75 Å². The molecular weight excluding hydrogens is 272 g/mol. The van der Waals surface area contributed by atoms with E-state index in [4.69, 9.17) is 4.74 Å². The van der Waals surface area contributed by atoms with Crippen LogP contribution in [-0.4, -0.2) is 6.04 Å². The van der Waals surface area contributed by atoms with Crippen LogP contribution in [0.3, 0.4) is 0 Å². The highest BCUT2D eigenvalue weighted by molar-refractivity contribution is 5.27. The van der Waals surface area contributed by atoms with Gasteiger partial charge in [-0.1, -0.05) is 38.1 Å². The molecule has 2 aromatic rings. The first-order chi connectivity index (χ1) is 10.0. The van der Waals surface area contributed by atoms with Crippen molar-refractivity contribution in [1.82, 2.24) is 5.32 Å². The molecule has 0 bridgehead atoms. The zero-order chi connectivity index (χ0) is 15.2. The maximum Gasteiger partial charge on any atom is 0.167 e. The van der Waals surface area contributed by atoms with E-state index in [0.29, 0.717) is 6.04 Å². The van der Waals surface area contributed by atoms with Gasteiger partial charge in [-0.2, -0.15) is 0 Å². The molecule has 2 nitrogen and oxygen atoms in total. The second kappa shape index (κ2) is 7.18. The van der Waals surface area contributed by atoms with Crippen LogP contribution in [0, 0.1) is 11.6 Å². The van der Waals surface area contributed by atoms with Gasteiger partial charge in [-0.3, -0.25) is 0 Å². The van der Waals surface area contributed by atoms with Crippen LogP contribution < -0.4 is 10.1 Å². The van der Waals surface area contributed by atoms with Crippen LogP contribution in [0.25, 0.3) is 0 Å². The number of benzene rings is 2. The molecule has 21 heavy (non-hydrogen) atoms. The lowest BCUT2D eigenvalue weighted by atomic mass is 10.1. The van der Waals surface area contributed by atoms with Gasteiger partial charge in [-0.05, 0) is 23.3 Å². The van der Waals surface area contributed by atoms with Crippen LogP contribution in [0.2, 0.25) is 0 Å². The summed E-state index contributed by atoms with van der Waals surface area (Å²) in [5.74, 6) is -1.24. The molecule has 1 N–H and O–H groups in total. The highest BCUT2D eigenvalue weighted by Crippen LogP contribution is 2.19. The Morgan fingerprint density at radius 1 is 1.05 bits per heavy atom. The maximum absolute atomic E-state index is 13.5. The van der Waals surface area contributed by atoms with Crippen molar-refractivity contribution in [2.45, 2.75) is 33.0 Å². The smallest absolute Gasteiger partial charge is 0.167 e. The van der Waals surface area contributed by atoms with Gasteiger partial charge >= 0.3 is 0 Å². The van der Waals surface area contributed by atoms with Gasteiger partial charge in [0, 0.05) is 18.7 Å². The summed E-state index contributed by atoms with van der Waals surface area (Å²) in [5.41, 5.74) is 2.09. The topological polar surface area (TPSA) is 21.3 Å². The monoisotopic (exact) mass is 291 g/mol. The molecule has 0 radical (unpaired) electrons.